The summed E-state index contributed by atoms with van der Waals surface area (Å²) >= 11 is 12.3. The van der Waals surface area contributed by atoms with Crippen LogP contribution in [0.2, 0.25) is 10.0 Å². The zero-order chi connectivity index (χ0) is 24.4. The number of nitrogens with one attached hydrogen (secondary N) is 1. The summed E-state index contributed by atoms with van der Waals surface area (Å²) in [5, 5.41) is 14.8. The Kier molecular flexibility index (Phi) is 7.66. The number of ketones is 1. The number of carbonyl (C=O) groups is 1. The highest BCUT2D eigenvalue weighted by atomic mass is 35.5. The largest absolute Gasteiger partial charge is 0.505 e. The van der Waals surface area contributed by atoms with E-state index in [1.54, 1.807) is 18.3 Å². The number of hydrogen-bond acceptors (Lipinski definition) is 5. The summed E-state index contributed by atoms with van der Waals surface area (Å²) in [5.41, 5.74) is 3.94. The van der Waals surface area contributed by atoms with Crippen molar-refractivity contribution in [3.8, 4) is 16.9 Å². The highest BCUT2D eigenvalue weighted by Gasteiger charge is 2.23. The fourth-order valence-corrected chi connectivity index (χ4v) is 5.30. The third-order valence-electron chi connectivity index (χ3n) is 6.95. The number of aromatic nitrogens is 1. The van der Waals surface area contributed by atoms with Gasteiger partial charge in [0.25, 0.3) is 0 Å². The van der Waals surface area contributed by atoms with Crippen molar-refractivity contribution in [3.05, 3.63) is 52.1 Å². The van der Waals surface area contributed by atoms with E-state index in [9.17, 15) is 9.90 Å². The molecule has 0 bridgehead atoms. The van der Waals surface area contributed by atoms with Crippen molar-refractivity contribution in [2.75, 3.05) is 26.0 Å². The summed E-state index contributed by atoms with van der Waals surface area (Å²) in [5.74, 6) is 0.507. The Morgan fingerprint density at radius 2 is 1.76 bits per heavy atom. The Balaban J connectivity index is 1.69. The molecule has 1 aromatic heterocycles. The van der Waals surface area contributed by atoms with Crippen LogP contribution in [0.5, 0.6) is 5.75 Å². The average molecular weight is 500 g/mol. The maximum Gasteiger partial charge on any atom is 0.166 e. The minimum absolute atomic E-state index is 0.0642. The number of phenols is 1. The first kappa shape index (κ1) is 24.8. The van der Waals surface area contributed by atoms with Crippen LogP contribution in [-0.2, 0) is 0 Å². The first-order chi connectivity index (χ1) is 16.3. The molecule has 2 aromatic carbocycles. The van der Waals surface area contributed by atoms with E-state index in [0.29, 0.717) is 23.9 Å². The number of phenolic OH excluding ortho intramolecular Hbond substituents is 1. The quantitative estimate of drug-likeness (QED) is 0.341. The number of rotatable bonds is 7. The average Bonchev–Trinajstić information content (AvgIpc) is 2.84. The molecule has 0 unspecified atom stereocenters. The lowest BCUT2D eigenvalue weighted by Crippen LogP contribution is -2.33. The second-order valence-electron chi connectivity index (χ2n) is 9.36. The number of halogens is 2. The zero-order valence-corrected chi connectivity index (χ0v) is 21.4. The topological polar surface area (TPSA) is 65.5 Å². The molecule has 5 nitrogen and oxygen atoms in total. The second-order valence-corrected chi connectivity index (χ2v) is 10.2. The molecule has 1 aliphatic carbocycles. The molecule has 7 heteroatoms. The van der Waals surface area contributed by atoms with E-state index in [1.807, 2.05) is 25.1 Å². The van der Waals surface area contributed by atoms with Gasteiger partial charge in [-0.15, -0.1) is 0 Å². The number of benzene rings is 2. The van der Waals surface area contributed by atoms with Crippen LogP contribution < -0.4 is 5.32 Å². The molecule has 180 valence electrons. The molecule has 0 aliphatic heterocycles. The molecular weight excluding hydrogens is 469 g/mol. The van der Waals surface area contributed by atoms with Crippen molar-refractivity contribution in [1.82, 2.24) is 9.88 Å². The van der Waals surface area contributed by atoms with Crippen molar-refractivity contribution >= 4 is 45.6 Å². The molecule has 34 heavy (non-hydrogen) atoms. The summed E-state index contributed by atoms with van der Waals surface area (Å²) in [4.78, 5) is 19.7. The Morgan fingerprint density at radius 3 is 2.38 bits per heavy atom. The molecule has 0 amide bonds. The van der Waals surface area contributed by atoms with E-state index in [0.717, 1.165) is 34.3 Å². The first-order valence-corrected chi connectivity index (χ1v) is 12.6. The lowest BCUT2D eigenvalue weighted by Gasteiger charge is -2.33. The van der Waals surface area contributed by atoms with Crippen molar-refractivity contribution in [1.29, 1.82) is 0 Å². The summed E-state index contributed by atoms with van der Waals surface area (Å²) in [6.45, 7) is 2.69. The summed E-state index contributed by atoms with van der Waals surface area (Å²) in [6, 6.07) is 9.93. The highest BCUT2D eigenvalue weighted by Crippen LogP contribution is 2.38. The van der Waals surface area contributed by atoms with Gasteiger partial charge in [-0.2, -0.15) is 0 Å². The normalized spacial score (nSPS) is 18.4. The second kappa shape index (κ2) is 10.5. The van der Waals surface area contributed by atoms with Gasteiger partial charge in [-0.1, -0.05) is 36.2 Å². The number of aromatic hydroxyl groups is 1. The summed E-state index contributed by atoms with van der Waals surface area (Å²) < 4.78 is 0. The molecule has 0 spiro atoms. The van der Waals surface area contributed by atoms with Crippen molar-refractivity contribution in [2.24, 2.45) is 5.92 Å². The number of anilines is 1. The smallest absolute Gasteiger partial charge is 0.166 e. The number of pyridine rings is 1. The van der Waals surface area contributed by atoms with Crippen molar-refractivity contribution in [2.45, 2.75) is 45.1 Å². The van der Waals surface area contributed by atoms with Crippen LogP contribution in [0.25, 0.3) is 22.0 Å². The van der Waals surface area contributed by atoms with Gasteiger partial charge in [0.1, 0.15) is 0 Å². The minimum Gasteiger partial charge on any atom is -0.505 e. The van der Waals surface area contributed by atoms with Crippen LogP contribution in [0.1, 0.15) is 49.4 Å². The predicted octanol–water partition coefficient (Wildman–Crippen LogP) is 7.04. The molecule has 4 rings (SSSR count). The number of fused-ring (bicyclic) bond motifs is 1. The predicted molar refractivity (Wildman–Crippen MR) is 141 cm³/mol. The molecule has 0 saturated heterocycles. The molecule has 2 N–H and O–H groups in total. The summed E-state index contributed by atoms with van der Waals surface area (Å²) in [6.07, 6.45) is 6.84. The van der Waals surface area contributed by atoms with E-state index in [4.69, 9.17) is 23.2 Å². The minimum atomic E-state index is -0.128. The first-order valence-electron chi connectivity index (χ1n) is 11.8. The number of hydrogen-bond donors (Lipinski definition) is 2. The van der Waals surface area contributed by atoms with Gasteiger partial charge in [-0.25, -0.2) is 0 Å². The highest BCUT2D eigenvalue weighted by molar-refractivity contribution is 6.37. The van der Waals surface area contributed by atoms with E-state index in [-0.39, 0.29) is 21.6 Å². The van der Waals surface area contributed by atoms with E-state index in [2.05, 4.69) is 29.3 Å². The number of carbonyl (C=O) groups excluding carboxylic acids is 1. The summed E-state index contributed by atoms with van der Waals surface area (Å²) in [7, 11) is 4.31. The van der Waals surface area contributed by atoms with E-state index < -0.39 is 0 Å². The van der Waals surface area contributed by atoms with Crippen molar-refractivity contribution in [3.63, 3.8) is 0 Å². The van der Waals surface area contributed by atoms with Gasteiger partial charge in [0.05, 0.1) is 26.8 Å². The molecular formula is C27H31Cl2N3O2. The maximum atomic E-state index is 12.8. The van der Waals surface area contributed by atoms with Crippen LogP contribution in [-0.4, -0.2) is 47.5 Å². The maximum absolute atomic E-state index is 12.8. The van der Waals surface area contributed by atoms with Crippen molar-refractivity contribution < 1.29 is 9.90 Å². The fraction of sp³-hybridized carbons (Fsp3) is 0.407. The van der Waals surface area contributed by atoms with Gasteiger partial charge in [-0.3, -0.25) is 9.78 Å². The lowest BCUT2D eigenvalue weighted by atomic mass is 9.85. The van der Waals surface area contributed by atoms with Gasteiger partial charge in [0, 0.05) is 30.6 Å². The van der Waals surface area contributed by atoms with E-state index in [1.165, 1.54) is 25.7 Å². The SMILES string of the molecule is CCC(=O)c1cnc2ccc(-c3cc(Cl)c(O)c(Cl)c3)cc2c1NCC1CCC(N(C)C)CC1. The molecule has 0 atom stereocenters. The molecule has 0 radical (unpaired) electrons. The standard InChI is InChI=1S/C27H31Cl2N3O2/c1-4-25(33)21-15-30-24-10-7-17(18-12-22(28)27(34)23(29)13-18)11-20(24)26(21)31-14-16-5-8-19(9-6-16)32(2)3/h7,10-13,15-16,19,34H,4-6,8-9,14H2,1-3H3,(H,30,31). The molecule has 1 saturated carbocycles. The molecule has 1 aliphatic rings. The van der Waals surface area contributed by atoms with Crippen LogP contribution in [0.15, 0.2) is 36.5 Å². The van der Waals surface area contributed by atoms with Gasteiger partial charge >= 0.3 is 0 Å². The molecule has 3 aromatic rings. The van der Waals surface area contributed by atoms with Gasteiger partial charge in [0.15, 0.2) is 11.5 Å². The Morgan fingerprint density at radius 1 is 1.09 bits per heavy atom. The van der Waals surface area contributed by atoms with Gasteiger partial charge in [0.2, 0.25) is 0 Å². The molecule has 1 heterocycles. The van der Waals surface area contributed by atoms with Crippen LogP contribution in [0.3, 0.4) is 0 Å². The Bertz CT molecular complexity index is 1180. The fourth-order valence-electron chi connectivity index (χ4n) is 4.81. The lowest BCUT2D eigenvalue weighted by molar-refractivity contribution is 0.0988. The van der Waals surface area contributed by atoms with E-state index >= 15 is 0 Å². The monoisotopic (exact) mass is 499 g/mol. The third-order valence-corrected chi connectivity index (χ3v) is 7.53. The third kappa shape index (κ3) is 5.17. The number of nitrogens with zero attached hydrogens (tertiary/aromatic N) is 2. The Hall–Kier alpha value is -2.34. The Labute approximate surface area is 211 Å². The van der Waals surface area contributed by atoms with Crippen LogP contribution >= 0.6 is 23.2 Å². The number of Topliss-reactive ketones (excluding diaryl/α,β-unsaturated/α-hetero) is 1. The van der Waals surface area contributed by atoms with Gasteiger partial charge < -0.3 is 15.3 Å². The molecule has 1 fully saturated rings. The zero-order valence-electron chi connectivity index (χ0n) is 19.9. The van der Waals surface area contributed by atoms with Crippen LogP contribution in [0.4, 0.5) is 5.69 Å². The van der Waals surface area contributed by atoms with Gasteiger partial charge in [-0.05, 0) is 81.1 Å². The van der Waals surface area contributed by atoms with Crippen LogP contribution in [0, 0.1) is 5.92 Å².